The van der Waals surface area contributed by atoms with E-state index >= 15 is 0 Å². The molecule has 2 rings (SSSR count). The van der Waals surface area contributed by atoms with Crippen LogP contribution >= 0.6 is 0 Å². The second-order valence-corrected chi connectivity index (χ2v) is 7.89. The van der Waals surface area contributed by atoms with Crippen molar-refractivity contribution in [3.63, 3.8) is 0 Å². The van der Waals surface area contributed by atoms with Crippen LogP contribution in [0.2, 0.25) is 0 Å². The molecule has 0 saturated heterocycles. The summed E-state index contributed by atoms with van der Waals surface area (Å²) in [6.45, 7) is 14.4. The molecule has 1 aromatic heterocycles. The monoisotopic (exact) mass is 354 g/mol. The number of hydrogen-bond donors (Lipinski definition) is 2. The predicted molar refractivity (Wildman–Crippen MR) is 108 cm³/mol. The Morgan fingerprint density at radius 2 is 1.81 bits per heavy atom. The van der Waals surface area contributed by atoms with Crippen LogP contribution in [0.4, 0.5) is 10.6 Å². The van der Waals surface area contributed by atoms with Crippen molar-refractivity contribution in [2.75, 3.05) is 5.32 Å². The fourth-order valence-corrected chi connectivity index (χ4v) is 2.55. The van der Waals surface area contributed by atoms with Gasteiger partial charge in [-0.25, -0.2) is 9.48 Å². The Kier molecular flexibility index (Phi) is 5.90. The SMILES string of the molecule is CC=C(NC(=O)Nc1cc(C(C)(C)C)nn1-c1ccc(C)cc1)C(C)C. The van der Waals surface area contributed by atoms with Crippen molar-refractivity contribution in [1.82, 2.24) is 15.1 Å². The number of nitrogens with one attached hydrogen (secondary N) is 2. The number of rotatable bonds is 4. The molecule has 0 unspecified atom stereocenters. The van der Waals surface area contributed by atoms with Gasteiger partial charge in [-0.2, -0.15) is 5.10 Å². The molecule has 2 amide bonds. The Morgan fingerprint density at radius 1 is 1.19 bits per heavy atom. The van der Waals surface area contributed by atoms with Gasteiger partial charge in [-0.1, -0.05) is 58.4 Å². The first kappa shape index (κ1) is 19.8. The van der Waals surface area contributed by atoms with Gasteiger partial charge < -0.3 is 5.32 Å². The minimum Gasteiger partial charge on any atom is -0.312 e. The Bertz CT molecular complexity index is 792. The summed E-state index contributed by atoms with van der Waals surface area (Å²) in [4.78, 5) is 12.5. The number of amides is 2. The Hall–Kier alpha value is -2.56. The molecule has 0 radical (unpaired) electrons. The molecule has 0 spiro atoms. The maximum Gasteiger partial charge on any atom is 0.324 e. The van der Waals surface area contributed by atoms with E-state index in [1.807, 2.05) is 64.1 Å². The maximum atomic E-state index is 12.5. The number of nitrogens with zero attached hydrogens (tertiary/aromatic N) is 2. The molecule has 140 valence electrons. The van der Waals surface area contributed by atoms with Gasteiger partial charge >= 0.3 is 6.03 Å². The Balaban J connectivity index is 2.35. The van der Waals surface area contributed by atoms with Crippen LogP contribution in [0.15, 0.2) is 42.1 Å². The maximum absolute atomic E-state index is 12.5. The second-order valence-electron chi connectivity index (χ2n) is 7.89. The van der Waals surface area contributed by atoms with Gasteiger partial charge in [-0.15, -0.1) is 0 Å². The number of allylic oxidation sites excluding steroid dienone is 2. The molecule has 5 nitrogen and oxygen atoms in total. The fourth-order valence-electron chi connectivity index (χ4n) is 2.55. The number of carbonyl (C=O) groups is 1. The normalized spacial score (nSPS) is 12.4. The molecule has 0 aliphatic rings. The lowest BCUT2D eigenvalue weighted by molar-refractivity contribution is 0.253. The van der Waals surface area contributed by atoms with Crippen LogP contribution in [0.1, 0.15) is 52.8 Å². The molecule has 2 N–H and O–H groups in total. The van der Waals surface area contributed by atoms with Gasteiger partial charge in [-0.3, -0.25) is 5.32 Å². The van der Waals surface area contributed by atoms with Crippen LogP contribution in [0.25, 0.3) is 5.69 Å². The topological polar surface area (TPSA) is 59.0 Å². The molecule has 0 saturated carbocycles. The van der Waals surface area contributed by atoms with E-state index < -0.39 is 0 Å². The smallest absolute Gasteiger partial charge is 0.312 e. The summed E-state index contributed by atoms with van der Waals surface area (Å²) in [6.07, 6.45) is 1.92. The van der Waals surface area contributed by atoms with Crippen LogP contribution in [0.5, 0.6) is 0 Å². The average Bonchev–Trinajstić information content (AvgIpc) is 2.97. The van der Waals surface area contributed by atoms with Crippen molar-refractivity contribution in [3.05, 3.63) is 53.4 Å². The van der Waals surface area contributed by atoms with Gasteiger partial charge in [-0.05, 0) is 31.9 Å². The fraction of sp³-hybridized carbons (Fsp3) is 0.429. The lowest BCUT2D eigenvalue weighted by Gasteiger charge is -2.14. The van der Waals surface area contributed by atoms with Gasteiger partial charge in [0.05, 0.1) is 11.4 Å². The molecule has 0 atom stereocenters. The quantitative estimate of drug-likeness (QED) is 0.797. The Labute approximate surface area is 156 Å². The molecule has 26 heavy (non-hydrogen) atoms. The summed E-state index contributed by atoms with van der Waals surface area (Å²) < 4.78 is 1.78. The minimum atomic E-state index is -0.263. The number of anilines is 1. The molecule has 5 heteroatoms. The first-order valence-corrected chi connectivity index (χ1v) is 9.03. The van der Waals surface area contributed by atoms with Gasteiger partial charge in [0.1, 0.15) is 5.82 Å². The van der Waals surface area contributed by atoms with Crippen molar-refractivity contribution in [3.8, 4) is 5.69 Å². The first-order chi connectivity index (χ1) is 12.1. The van der Waals surface area contributed by atoms with Gasteiger partial charge in [0.2, 0.25) is 0 Å². The third-order valence-corrected chi connectivity index (χ3v) is 4.19. The molecule has 1 aromatic carbocycles. The predicted octanol–water partition coefficient (Wildman–Crippen LogP) is 5.16. The van der Waals surface area contributed by atoms with Crippen molar-refractivity contribution < 1.29 is 4.79 Å². The number of urea groups is 1. The molecule has 1 heterocycles. The number of carbonyl (C=O) groups excluding carboxylic acids is 1. The summed E-state index contributed by atoms with van der Waals surface area (Å²) >= 11 is 0. The summed E-state index contributed by atoms with van der Waals surface area (Å²) in [6, 6.07) is 9.75. The van der Waals surface area contributed by atoms with Crippen molar-refractivity contribution in [2.24, 2.45) is 5.92 Å². The summed E-state index contributed by atoms with van der Waals surface area (Å²) in [5.41, 5.74) is 3.79. The summed E-state index contributed by atoms with van der Waals surface area (Å²) in [5, 5.41) is 10.6. The lowest BCUT2D eigenvalue weighted by atomic mass is 9.92. The number of benzene rings is 1. The van der Waals surface area contributed by atoms with Crippen molar-refractivity contribution in [2.45, 2.75) is 53.9 Å². The van der Waals surface area contributed by atoms with Crippen LogP contribution in [-0.4, -0.2) is 15.8 Å². The molecule has 2 aromatic rings. The molecule has 0 fully saturated rings. The van der Waals surface area contributed by atoms with E-state index in [0.29, 0.717) is 5.82 Å². The van der Waals surface area contributed by atoms with E-state index in [9.17, 15) is 4.79 Å². The van der Waals surface area contributed by atoms with Crippen molar-refractivity contribution in [1.29, 1.82) is 0 Å². The highest BCUT2D eigenvalue weighted by Gasteiger charge is 2.21. The standard InChI is InChI=1S/C21H30N4O/c1-8-17(14(2)3)22-20(26)23-19-13-18(21(5,6)7)24-25(19)16-11-9-15(4)10-12-16/h8-14H,1-7H3,(H2,22,23,26). The van der Waals surface area contributed by atoms with E-state index in [2.05, 4.69) is 31.4 Å². The molecule has 0 aliphatic heterocycles. The highest BCUT2D eigenvalue weighted by atomic mass is 16.2. The first-order valence-electron chi connectivity index (χ1n) is 9.03. The van der Waals surface area contributed by atoms with Crippen LogP contribution < -0.4 is 10.6 Å². The van der Waals surface area contributed by atoms with E-state index in [4.69, 9.17) is 5.10 Å². The van der Waals surface area contributed by atoms with E-state index in [1.54, 1.807) is 4.68 Å². The highest BCUT2D eigenvalue weighted by molar-refractivity contribution is 5.90. The van der Waals surface area contributed by atoms with Crippen molar-refractivity contribution >= 4 is 11.8 Å². The van der Waals surface area contributed by atoms with Crippen LogP contribution in [0.3, 0.4) is 0 Å². The number of aryl methyl sites for hydroxylation is 1. The molecule has 0 aliphatic carbocycles. The van der Waals surface area contributed by atoms with Crippen LogP contribution in [0, 0.1) is 12.8 Å². The van der Waals surface area contributed by atoms with Gasteiger partial charge in [0.25, 0.3) is 0 Å². The number of hydrogen-bond acceptors (Lipinski definition) is 2. The minimum absolute atomic E-state index is 0.116. The largest absolute Gasteiger partial charge is 0.324 e. The zero-order valence-corrected chi connectivity index (χ0v) is 16.8. The number of aromatic nitrogens is 2. The average molecular weight is 354 g/mol. The highest BCUT2D eigenvalue weighted by Crippen LogP contribution is 2.26. The molecular weight excluding hydrogens is 324 g/mol. The second kappa shape index (κ2) is 7.77. The van der Waals surface area contributed by atoms with E-state index in [-0.39, 0.29) is 17.4 Å². The van der Waals surface area contributed by atoms with Gasteiger partial charge in [0, 0.05) is 17.2 Å². The zero-order chi connectivity index (χ0) is 19.5. The summed E-state index contributed by atoms with van der Waals surface area (Å²) in [7, 11) is 0. The van der Waals surface area contributed by atoms with E-state index in [1.165, 1.54) is 5.56 Å². The van der Waals surface area contributed by atoms with Crippen LogP contribution in [-0.2, 0) is 5.41 Å². The lowest BCUT2D eigenvalue weighted by Crippen LogP contribution is -2.30. The molecular formula is C21H30N4O. The van der Waals surface area contributed by atoms with Gasteiger partial charge in [0.15, 0.2) is 0 Å². The third kappa shape index (κ3) is 4.75. The molecule has 0 bridgehead atoms. The summed E-state index contributed by atoms with van der Waals surface area (Å²) in [5.74, 6) is 0.897. The third-order valence-electron chi connectivity index (χ3n) is 4.19. The zero-order valence-electron chi connectivity index (χ0n) is 16.8. The van der Waals surface area contributed by atoms with E-state index in [0.717, 1.165) is 17.1 Å². The Morgan fingerprint density at radius 3 is 2.31 bits per heavy atom.